The van der Waals surface area contributed by atoms with E-state index in [4.69, 9.17) is 0 Å². The molecule has 0 N–H and O–H groups in total. The summed E-state index contributed by atoms with van der Waals surface area (Å²) in [7, 11) is 0. The van der Waals surface area contributed by atoms with Crippen molar-refractivity contribution in [3.63, 3.8) is 0 Å². The molecular weight excluding hydrogens is 356 g/mol. The van der Waals surface area contributed by atoms with Gasteiger partial charge in [0.25, 0.3) is 0 Å². The van der Waals surface area contributed by atoms with Crippen LogP contribution >= 0.6 is 23.1 Å². The van der Waals surface area contributed by atoms with Crippen molar-refractivity contribution in [2.75, 3.05) is 31.9 Å². The highest BCUT2D eigenvalue weighted by Crippen LogP contribution is 2.22. The van der Waals surface area contributed by atoms with Crippen molar-refractivity contribution in [3.8, 4) is 0 Å². The lowest BCUT2D eigenvalue weighted by Gasteiger charge is -2.34. The Kier molecular flexibility index (Phi) is 5.75. The third kappa shape index (κ3) is 4.80. The van der Waals surface area contributed by atoms with E-state index in [9.17, 15) is 4.79 Å². The molecule has 1 fully saturated rings. The van der Waals surface area contributed by atoms with Gasteiger partial charge in [-0.2, -0.15) is 0 Å². The second-order valence-corrected chi connectivity index (χ2v) is 9.04. The quantitative estimate of drug-likeness (QED) is 0.739. The number of thioether (sulfide) groups is 1. The van der Waals surface area contributed by atoms with Crippen LogP contribution in [0.5, 0.6) is 0 Å². The summed E-state index contributed by atoms with van der Waals surface area (Å²) in [4.78, 5) is 18.2. The summed E-state index contributed by atoms with van der Waals surface area (Å²) >= 11 is 3.20. The van der Waals surface area contributed by atoms with E-state index < -0.39 is 0 Å². The van der Waals surface area contributed by atoms with Crippen molar-refractivity contribution in [2.45, 2.75) is 38.0 Å². The summed E-state index contributed by atoms with van der Waals surface area (Å²) in [6.07, 6.45) is 0. The highest BCUT2D eigenvalue weighted by molar-refractivity contribution is 7.99. The second-order valence-electron chi connectivity index (χ2n) is 7.07. The molecule has 1 aliphatic heterocycles. The van der Waals surface area contributed by atoms with Crippen LogP contribution in [0, 0.1) is 0 Å². The summed E-state index contributed by atoms with van der Waals surface area (Å²) in [5.74, 6) is 0.533. The summed E-state index contributed by atoms with van der Waals surface area (Å²) in [5, 5.41) is 14.6. The van der Waals surface area contributed by atoms with Gasteiger partial charge in [0.1, 0.15) is 0 Å². The zero-order chi connectivity index (χ0) is 17.9. The van der Waals surface area contributed by atoms with Crippen molar-refractivity contribution < 1.29 is 4.79 Å². The largest absolute Gasteiger partial charge is 0.339 e. The van der Waals surface area contributed by atoms with E-state index in [1.165, 1.54) is 16.6 Å². The Morgan fingerprint density at radius 3 is 2.68 bits per heavy atom. The second kappa shape index (κ2) is 7.84. The SMILES string of the molecule is CC(C)(C)n1nnnc1SCC(=O)N1CCN(Cc2cccs2)CC1. The molecule has 0 aliphatic carbocycles. The summed E-state index contributed by atoms with van der Waals surface area (Å²) in [6, 6.07) is 4.25. The molecule has 1 amide bonds. The highest BCUT2D eigenvalue weighted by Gasteiger charge is 2.24. The van der Waals surface area contributed by atoms with Crippen LogP contribution in [-0.2, 0) is 16.9 Å². The van der Waals surface area contributed by atoms with Crippen LogP contribution in [0.2, 0.25) is 0 Å². The third-order valence-electron chi connectivity index (χ3n) is 4.09. The van der Waals surface area contributed by atoms with Crippen LogP contribution in [0.15, 0.2) is 22.7 Å². The predicted molar refractivity (Wildman–Crippen MR) is 99.7 cm³/mol. The Balaban J connectivity index is 1.46. The third-order valence-corrected chi connectivity index (χ3v) is 5.85. The van der Waals surface area contributed by atoms with Gasteiger partial charge in [0.2, 0.25) is 11.1 Å². The van der Waals surface area contributed by atoms with Gasteiger partial charge in [-0.3, -0.25) is 9.69 Å². The number of piperazine rings is 1. The number of thiophene rings is 1. The maximum Gasteiger partial charge on any atom is 0.233 e. The van der Waals surface area contributed by atoms with Gasteiger partial charge >= 0.3 is 0 Å². The molecule has 0 saturated carbocycles. The highest BCUT2D eigenvalue weighted by atomic mass is 32.2. The maximum atomic E-state index is 12.5. The van der Waals surface area contributed by atoms with Crippen LogP contribution in [-0.4, -0.2) is 67.8 Å². The molecule has 2 aromatic heterocycles. The number of amides is 1. The summed E-state index contributed by atoms with van der Waals surface area (Å²) < 4.78 is 1.77. The summed E-state index contributed by atoms with van der Waals surface area (Å²) in [6.45, 7) is 10.5. The van der Waals surface area contributed by atoms with Gasteiger partial charge in [-0.1, -0.05) is 17.8 Å². The number of aromatic nitrogens is 4. The van der Waals surface area contributed by atoms with Gasteiger partial charge in [0.05, 0.1) is 11.3 Å². The molecule has 2 aromatic rings. The zero-order valence-corrected chi connectivity index (χ0v) is 16.5. The predicted octanol–water partition coefficient (Wildman–Crippen LogP) is 1.93. The fourth-order valence-corrected chi connectivity index (χ4v) is 4.39. The number of tetrazole rings is 1. The van der Waals surface area contributed by atoms with E-state index in [0.29, 0.717) is 10.9 Å². The average molecular weight is 381 g/mol. The number of carbonyl (C=O) groups is 1. The Bertz CT molecular complexity index is 686. The molecule has 0 unspecified atom stereocenters. The van der Waals surface area contributed by atoms with E-state index in [1.807, 2.05) is 25.7 Å². The van der Waals surface area contributed by atoms with Gasteiger partial charge in [0.15, 0.2) is 0 Å². The molecule has 0 spiro atoms. The minimum absolute atomic E-state index is 0.157. The van der Waals surface area contributed by atoms with E-state index in [1.54, 1.807) is 16.0 Å². The van der Waals surface area contributed by atoms with Gasteiger partial charge in [-0.15, -0.1) is 16.4 Å². The maximum absolute atomic E-state index is 12.5. The Morgan fingerprint density at radius 1 is 1.28 bits per heavy atom. The number of hydrogen-bond acceptors (Lipinski definition) is 7. The van der Waals surface area contributed by atoms with E-state index in [-0.39, 0.29) is 11.4 Å². The first kappa shape index (κ1) is 18.3. The molecular formula is C16H24N6OS2. The number of nitrogens with zero attached hydrogens (tertiary/aromatic N) is 6. The molecule has 9 heteroatoms. The van der Waals surface area contributed by atoms with Crippen LogP contribution in [0.3, 0.4) is 0 Å². The van der Waals surface area contributed by atoms with E-state index in [0.717, 1.165) is 32.7 Å². The monoisotopic (exact) mass is 380 g/mol. The van der Waals surface area contributed by atoms with Crippen molar-refractivity contribution in [1.29, 1.82) is 0 Å². The Labute approximate surface area is 156 Å². The molecule has 136 valence electrons. The van der Waals surface area contributed by atoms with E-state index in [2.05, 4.69) is 37.9 Å². The fraction of sp³-hybridized carbons (Fsp3) is 0.625. The molecule has 1 saturated heterocycles. The van der Waals surface area contributed by atoms with Crippen molar-refractivity contribution in [3.05, 3.63) is 22.4 Å². The minimum Gasteiger partial charge on any atom is -0.339 e. The lowest BCUT2D eigenvalue weighted by molar-refractivity contribution is -0.130. The van der Waals surface area contributed by atoms with Gasteiger partial charge in [0, 0.05) is 37.6 Å². The smallest absolute Gasteiger partial charge is 0.233 e. The Hall–Kier alpha value is -1.45. The molecule has 3 rings (SSSR count). The fourth-order valence-electron chi connectivity index (χ4n) is 2.69. The molecule has 25 heavy (non-hydrogen) atoms. The van der Waals surface area contributed by atoms with Crippen molar-refractivity contribution >= 4 is 29.0 Å². The molecule has 0 bridgehead atoms. The molecule has 7 nitrogen and oxygen atoms in total. The van der Waals surface area contributed by atoms with Crippen LogP contribution in [0.25, 0.3) is 0 Å². The minimum atomic E-state index is -0.192. The van der Waals surface area contributed by atoms with E-state index >= 15 is 0 Å². The topological polar surface area (TPSA) is 67.2 Å². The van der Waals surface area contributed by atoms with Gasteiger partial charge in [-0.05, 0) is 42.6 Å². The first-order chi connectivity index (χ1) is 11.9. The first-order valence-corrected chi connectivity index (χ1v) is 10.2. The first-order valence-electron chi connectivity index (χ1n) is 8.37. The van der Waals surface area contributed by atoms with Crippen LogP contribution in [0.4, 0.5) is 0 Å². The van der Waals surface area contributed by atoms with Crippen LogP contribution < -0.4 is 0 Å². The lowest BCUT2D eigenvalue weighted by Crippen LogP contribution is -2.48. The molecule has 0 atom stereocenters. The molecule has 0 radical (unpaired) electrons. The Morgan fingerprint density at radius 2 is 2.04 bits per heavy atom. The number of rotatable bonds is 5. The summed E-state index contributed by atoms with van der Waals surface area (Å²) in [5.41, 5.74) is -0.192. The van der Waals surface area contributed by atoms with Crippen molar-refractivity contribution in [1.82, 2.24) is 30.0 Å². The number of hydrogen-bond donors (Lipinski definition) is 0. The number of carbonyl (C=O) groups excluding carboxylic acids is 1. The molecule has 3 heterocycles. The normalized spacial score (nSPS) is 16.4. The van der Waals surface area contributed by atoms with Gasteiger partial charge in [-0.25, -0.2) is 4.68 Å². The lowest BCUT2D eigenvalue weighted by atomic mass is 10.1. The van der Waals surface area contributed by atoms with Gasteiger partial charge < -0.3 is 4.90 Å². The molecule has 0 aromatic carbocycles. The van der Waals surface area contributed by atoms with Crippen molar-refractivity contribution in [2.24, 2.45) is 0 Å². The van der Waals surface area contributed by atoms with Crippen LogP contribution in [0.1, 0.15) is 25.6 Å². The standard InChI is InChI=1S/C16H24N6OS2/c1-16(2,3)22-15(17-18-19-22)25-12-14(23)21-8-6-20(7-9-21)11-13-5-4-10-24-13/h4-5,10H,6-9,11-12H2,1-3H3. The average Bonchev–Trinajstić information content (AvgIpc) is 3.24. The zero-order valence-electron chi connectivity index (χ0n) is 14.9. The molecule has 1 aliphatic rings.